The highest BCUT2D eigenvalue weighted by atomic mass is 35.5. The first-order valence-corrected chi connectivity index (χ1v) is 5.69. The van der Waals surface area contributed by atoms with Gasteiger partial charge in [-0.05, 0) is 20.8 Å². The quantitative estimate of drug-likeness (QED) is 0.667. The number of nitrogens with zero attached hydrogens (tertiary/aromatic N) is 1. The molecule has 0 radical (unpaired) electrons. The Morgan fingerprint density at radius 1 is 1.47 bits per heavy atom. The lowest BCUT2D eigenvalue weighted by molar-refractivity contribution is 0.00691. The third kappa shape index (κ3) is 3.56. The summed E-state index contributed by atoms with van der Waals surface area (Å²) >= 11 is 11.7. The van der Waals surface area contributed by atoms with Crippen LogP contribution in [0.25, 0.3) is 0 Å². The molecule has 0 atom stereocenters. The number of carbonyl (C=O) groups excluding carboxylic acids is 1. The maximum Gasteiger partial charge on any atom is 0.341 e. The Kier molecular flexibility index (Phi) is 4.36. The minimum Gasteiger partial charge on any atom is -0.456 e. The summed E-state index contributed by atoms with van der Waals surface area (Å²) in [5.74, 6) is -0.596. The smallest absolute Gasteiger partial charge is 0.341 e. The van der Waals surface area contributed by atoms with E-state index < -0.39 is 11.6 Å². The van der Waals surface area contributed by atoms with Gasteiger partial charge >= 0.3 is 5.97 Å². The summed E-state index contributed by atoms with van der Waals surface area (Å²) in [5.41, 5.74) is -0.314. The van der Waals surface area contributed by atoms with Gasteiger partial charge < -0.3 is 9.84 Å². The van der Waals surface area contributed by atoms with E-state index in [2.05, 4.69) is 4.98 Å². The van der Waals surface area contributed by atoms with Gasteiger partial charge in [-0.15, -0.1) is 0 Å². The monoisotopic (exact) mass is 277 g/mol. The van der Waals surface area contributed by atoms with Crippen LogP contribution in [0.3, 0.4) is 0 Å². The molecule has 0 unspecified atom stereocenters. The zero-order valence-electron chi connectivity index (χ0n) is 9.75. The highest BCUT2D eigenvalue weighted by Crippen LogP contribution is 2.27. The van der Waals surface area contributed by atoms with Crippen LogP contribution in [0.5, 0.6) is 0 Å². The highest BCUT2D eigenvalue weighted by molar-refractivity contribution is 6.37. The molecule has 1 aromatic heterocycles. The molecule has 94 valence electrons. The second-order valence-electron chi connectivity index (χ2n) is 4.42. The molecular weight excluding hydrogens is 265 g/mol. The van der Waals surface area contributed by atoms with Crippen LogP contribution < -0.4 is 0 Å². The molecule has 0 spiro atoms. The summed E-state index contributed by atoms with van der Waals surface area (Å²) in [6.07, 6.45) is 1.23. The van der Waals surface area contributed by atoms with Gasteiger partial charge in [0, 0.05) is 11.8 Å². The van der Waals surface area contributed by atoms with E-state index in [-0.39, 0.29) is 27.9 Å². The standard InChI is InChI=1S/C11H13Cl2NO3/c1-11(2,3)17-10(16)6-4-14-9(13)7(5-15)8(6)12/h4,15H,5H2,1-3H3. The lowest BCUT2D eigenvalue weighted by atomic mass is 10.1. The van der Waals surface area contributed by atoms with Gasteiger partial charge in [-0.25, -0.2) is 9.78 Å². The van der Waals surface area contributed by atoms with Crippen molar-refractivity contribution >= 4 is 29.2 Å². The summed E-state index contributed by atoms with van der Waals surface area (Å²) in [5, 5.41) is 9.22. The molecule has 17 heavy (non-hydrogen) atoms. The molecule has 1 N–H and O–H groups in total. The fraction of sp³-hybridized carbons (Fsp3) is 0.455. The van der Waals surface area contributed by atoms with E-state index in [1.807, 2.05) is 0 Å². The Hall–Kier alpha value is -0.840. The van der Waals surface area contributed by atoms with E-state index in [9.17, 15) is 4.79 Å². The van der Waals surface area contributed by atoms with E-state index in [1.165, 1.54) is 6.20 Å². The molecule has 1 rings (SSSR count). The molecule has 0 amide bonds. The summed E-state index contributed by atoms with van der Waals surface area (Å²) in [6, 6.07) is 0. The molecule has 0 saturated carbocycles. The maximum absolute atomic E-state index is 11.8. The Morgan fingerprint density at radius 3 is 2.53 bits per heavy atom. The van der Waals surface area contributed by atoms with Crippen LogP contribution in [0.2, 0.25) is 10.2 Å². The minimum atomic E-state index is -0.626. The van der Waals surface area contributed by atoms with E-state index in [4.69, 9.17) is 33.0 Å². The Labute approximate surface area is 110 Å². The number of esters is 1. The lowest BCUT2D eigenvalue weighted by Crippen LogP contribution is -2.24. The number of pyridine rings is 1. The van der Waals surface area contributed by atoms with Crippen molar-refractivity contribution in [3.05, 3.63) is 27.5 Å². The number of carbonyl (C=O) groups is 1. The molecule has 0 aliphatic heterocycles. The second-order valence-corrected chi connectivity index (χ2v) is 5.15. The number of halogens is 2. The average molecular weight is 278 g/mol. The third-order valence-corrected chi connectivity index (χ3v) is 2.59. The first kappa shape index (κ1) is 14.2. The van der Waals surface area contributed by atoms with Crippen molar-refractivity contribution in [1.82, 2.24) is 4.98 Å². The van der Waals surface area contributed by atoms with Crippen LogP contribution in [-0.4, -0.2) is 21.7 Å². The van der Waals surface area contributed by atoms with Crippen molar-refractivity contribution in [2.75, 3.05) is 0 Å². The molecule has 0 aromatic carbocycles. The topological polar surface area (TPSA) is 59.4 Å². The van der Waals surface area contributed by atoms with Crippen LogP contribution >= 0.6 is 23.2 Å². The molecule has 0 fully saturated rings. The average Bonchev–Trinajstić information content (AvgIpc) is 2.15. The Morgan fingerprint density at radius 2 is 2.06 bits per heavy atom. The fourth-order valence-electron chi connectivity index (χ4n) is 1.12. The van der Waals surface area contributed by atoms with Crippen LogP contribution in [0.1, 0.15) is 36.7 Å². The third-order valence-electron chi connectivity index (χ3n) is 1.83. The summed E-state index contributed by atoms with van der Waals surface area (Å²) in [6.45, 7) is 4.85. The number of ether oxygens (including phenoxy) is 1. The zero-order valence-corrected chi connectivity index (χ0v) is 11.3. The van der Waals surface area contributed by atoms with Crippen LogP contribution in [-0.2, 0) is 11.3 Å². The van der Waals surface area contributed by atoms with Gasteiger partial charge in [-0.2, -0.15) is 0 Å². The lowest BCUT2D eigenvalue weighted by Gasteiger charge is -2.20. The molecule has 0 bridgehead atoms. The first-order chi connectivity index (χ1) is 7.76. The largest absolute Gasteiger partial charge is 0.456 e. The van der Waals surface area contributed by atoms with E-state index in [0.717, 1.165) is 0 Å². The van der Waals surface area contributed by atoms with Crippen LogP contribution in [0.4, 0.5) is 0 Å². The molecule has 1 heterocycles. The van der Waals surface area contributed by atoms with Gasteiger partial charge in [0.25, 0.3) is 0 Å². The first-order valence-electron chi connectivity index (χ1n) is 4.93. The van der Waals surface area contributed by atoms with E-state index >= 15 is 0 Å². The maximum atomic E-state index is 11.8. The van der Waals surface area contributed by atoms with Crippen molar-refractivity contribution in [3.63, 3.8) is 0 Å². The van der Waals surface area contributed by atoms with Crippen molar-refractivity contribution in [2.45, 2.75) is 33.0 Å². The predicted molar refractivity (Wildman–Crippen MR) is 65.3 cm³/mol. The summed E-state index contributed by atoms with van der Waals surface area (Å²) in [7, 11) is 0. The molecule has 0 aliphatic carbocycles. The number of hydrogen-bond acceptors (Lipinski definition) is 4. The van der Waals surface area contributed by atoms with Gasteiger partial charge in [0.15, 0.2) is 0 Å². The normalized spacial score (nSPS) is 11.4. The second kappa shape index (κ2) is 5.21. The number of aromatic nitrogens is 1. The number of rotatable bonds is 2. The van der Waals surface area contributed by atoms with Crippen molar-refractivity contribution < 1.29 is 14.6 Å². The summed E-state index contributed by atoms with van der Waals surface area (Å²) < 4.78 is 5.16. The van der Waals surface area contributed by atoms with Gasteiger partial charge in [0.1, 0.15) is 10.8 Å². The van der Waals surface area contributed by atoms with Gasteiger partial charge in [0.05, 0.1) is 17.2 Å². The van der Waals surface area contributed by atoms with Crippen LogP contribution in [0.15, 0.2) is 6.20 Å². The number of aliphatic hydroxyl groups excluding tert-OH is 1. The van der Waals surface area contributed by atoms with Gasteiger partial charge in [-0.3, -0.25) is 0 Å². The highest BCUT2D eigenvalue weighted by Gasteiger charge is 2.22. The SMILES string of the molecule is CC(C)(C)OC(=O)c1cnc(Cl)c(CO)c1Cl. The molecule has 4 nitrogen and oxygen atoms in total. The summed E-state index contributed by atoms with van der Waals surface area (Å²) in [4.78, 5) is 15.6. The minimum absolute atomic E-state index is 0.0711. The van der Waals surface area contributed by atoms with Crippen LogP contribution in [0, 0.1) is 0 Å². The Bertz CT molecular complexity index is 441. The van der Waals surface area contributed by atoms with Crippen molar-refractivity contribution in [2.24, 2.45) is 0 Å². The molecule has 0 saturated heterocycles. The fourth-order valence-corrected chi connectivity index (χ4v) is 1.65. The van der Waals surface area contributed by atoms with Gasteiger partial charge in [-0.1, -0.05) is 23.2 Å². The number of hydrogen-bond donors (Lipinski definition) is 1. The van der Waals surface area contributed by atoms with Gasteiger partial charge in [0.2, 0.25) is 0 Å². The molecule has 1 aromatic rings. The Balaban J connectivity index is 3.12. The molecule has 6 heteroatoms. The van der Waals surface area contributed by atoms with Crippen molar-refractivity contribution in [1.29, 1.82) is 0 Å². The predicted octanol–water partition coefficient (Wildman–Crippen LogP) is 2.84. The number of aliphatic hydroxyl groups is 1. The zero-order chi connectivity index (χ0) is 13.2. The van der Waals surface area contributed by atoms with E-state index in [0.29, 0.717) is 0 Å². The van der Waals surface area contributed by atoms with E-state index in [1.54, 1.807) is 20.8 Å². The molecule has 0 aliphatic rings. The van der Waals surface area contributed by atoms with Crippen molar-refractivity contribution in [3.8, 4) is 0 Å². The molecular formula is C11H13Cl2NO3.